The van der Waals surface area contributed by atoms with Gasteiger partial charge in [-0.3, -0.25) is 9.59 Å². The number of hydrogen-bond donors (Lipinski definition) is 3. The summed E-state index contributed by atoms with van der Waals surface area (Å²) >= 11 is 4.28. The van der Waals surface area contributed by atoms with Crippen molar-refractivity contribution in [3.05, 3.63) is 28.2 Å². The van der Waals surface area contributed by atoms with E-state index in [9.17, 15) is 14.4 Å². The van der Waals surface area contributed by atoms with Gasteiger partial charge in [0.2, 0.25) is 5.91 Å². The Kier molecular flexibility index (Phi) is 6.75. The highest BCUT2D eigenvalue weighted by molar-refractivity contribution is 9.10. The van der Waals surface area contributed by atoms with Crippen molar-refractivity contribution >= 4 is 56.9 Å². The molecule has 26 heavy (non-hydrogen) atoms. The first-order chi connectivity index (χ1) is 12.3. The number of benzene rings is 1. The lowest BCUT2D eigenvalue weighted by atomic mass is 10.2. The van der Waals surface area contributed by atoms with E-state index in [1.807, 2.05) is 0 Å². The number of amides is 1. The van der Waals surface area contributed by atoms with Gasteiger partial charge in [0, 0.05) is 10.0 Å². The van der Waals surface area contributed by atoms with Crippen LogP contribution in [0.15, 0.2) is 32.9 Å². The highest BCUT2D eigenvalue weighted by atomic mass is 79.9. The third kappa shape index (κ3) is 5.56. The van der Waals surface area contributed by atoms with Gasteiger partial charge in [0.15, 0.2) is 11.3 Å². The second-order valence-electron chi connectivity index (χ2n) is 5.12. The highest BCUT2D eigenvalue weighted by Crippen LogP contribution is 2.24. The second kappa shape index (κ2) is 8.81. The minimum absolute atomic E-state index is 0.189. The molecule has 1 aliphatic heterocycles. The normalized spacial score (nSPS) is 19.5. The van der Waals surface area contributed by atoms with Crippen LogP contribution in [0.3, 0.4) is 0 Å². The zero-order valence-electron chi connectivity index (χ0n) is 13.4. The molecule has 2 rings (SSSR count). The van der Waals surface area contributed by atoms with Gasteiger partial charge < -0.3 is 20.3 Å². The minimum atomic E-state index is -1.11. The van der Waals surface area contributed by atoms with Crippen LogP contribution in [0.25, 0.3) is 0 Å². The van der Waals surface area contributed by atoms with Crippen LogP contribution in [0.5, 0.6) is 5.75 Å². The molecule has 0 spiro atoms. The Morgan fingerprint density at radius 2 is 2.19 bits per heavy atom. The van der Waals surface area contributed by atoms with Crippen LogP contribution in [0.1, 0.15) is 18.9 Å². The maximum atomic E-state index is 11.6. The molecule has 1 aromatic carbocycles. The SMILES string of the molecule is CC(Oc1ccc(Br)cc1C=NN=C1NC(=O)C(CC(=O)O)S1)C(=O)O. The zero-order chi connectivity index (χ0) is 19.3. The number of aliphatic carboxylic acids is 2. The Hall–Kier alpha value is -2.40. The van der Waals surface area contributed by atoms with E-state index in [0.29, 0.717) is 11.3 Å². The number of carbonyl (C=O) groups is 3. The van der Waals surface area contributed by atoms with Crippen LogP contribution >= 0.6 is 27.7 Å². The molecular weight excluding hydrogens is 430 g/mol. The molecule has 0 saturated carbocycles. The standard InChI is InChI=1S/C15H14BrN3O6S/c1-7(14(23)24)25-10-3-2-9(16)4-8(10)6-17-19-15-18-13(22)11(26-15)5-12(20)21/h2-4,6-7,11H,5H2,1H3,(H,20,21)(H,23,24)(H,18,19,22). The molecule has 0 bridgehead atoms. The van der Waals surface area contributed by atoms with Gasteiger partial charge >= 0.3 is 11.9 Å². The Balaban J connectivity index is 2.12. The number of carbonyl (C=O) groups excluding carboxylic acids is 1. The van der Waals surface area contributed by atoms with Crippen LogP contribution in [-0.2, 0) is 14.4 Å². The number of hydrogen-bond acceptors (Lipinski definition) is 7. The molecule has 1 amide bonds. The summed E-state index contributed by atoms with van der Waals surface area (Å²) in [5.41, 5.74) is 0.480. The summed E-state index contributed by atoms with van der Waals surface area (Å²) in [5, 5.41) is 27.3. The van der Waals surface area contributed by atoms with Crippen LogP contribution in [0.2, 0.25) is 0 Å². The van der Waals surface area contributed by atoms with Crippen LogP contribution in [-0.4, -0.2) is 50.8 Å². The van der Waals surface area contributed by atoms with Gasteiger partial charge in [0.05, 0.1) is 12.6 Å². The van der Waals surface area contributed by atoms with Gasteiger partial charge in [-0.2, -0.15) is 5.10 Å². The highest BCUT2D eigenvalue weighted by Gasteiger charge is 2.32. The van der Waals surface area contributed by atoms with Gasteiger partial charge in [0.25, 0.3) is 0 Å². The number of nitrogens with zero attached hydrogens (tertiary/aromatic N) is 2. The maximum absolute atomic E-state index is 11.6. The number of halogens is 1. The van der Waals surface area contributed by atoms with E-state index >= 15 is 0 Å². The fourth-order valence-corrected chi connectivity index (χ4v) is 3.15. The number of carboxylic acids is 2. The lowest BCUT2D eigenvalue weighted by Crippen LogP contribution is -2.26. The number of nitrogens with one attached hydrogen (secondary N) is 1. The first kappa shape index (κ1) is 19.9. The number of amidine groups is 1. The van der Waals surface area contributed by atoms with E-state index in [-0.39, 0.29) is 11.6 Å². The molecule has 3 N–H and O–H groups in total. The Morgan fingerprint density at radius 1 is 1.46 bits per heavy atom. The average molecular weight is 444 g/mol. The third-order valence-corrected chi connectivity index (χ3v) is 4.67. The Morgan fingerprint density at radius 3 is 2.85 bits per heavy atom. The summed E-state index contributed by atoms with van der Waals surface area (Å²) in [5.74, 6) is -2.32. The van der Waals surface area contributed by atoms with Crippen LogP contribution in [0.4, 0.5) is 0 Å². The summed E-state index contributed by atoms with van der Waals surface area (Å²) < 4.78 is 6.09. The first-order valence-corrected chi connectivity index (χ1v) is 8.93. The molecule has 11 heteroatoms. The van der Waals surface area contributed by atoms with Gasteiger partial charge in [-0.1, -0.05) is 27.7 Å². The van der Waals surface area contributed by atoms with Crippen LogP contribution < -0.4 is 10.1 Å². The molecule has 0 radical (unpaired) electrons. The Labute approximate surface area is 160 Å². The maximum Gasteiger partial charge on any atom is 0.344 e. The monoisotopic (exact) mass is 443 g/mol. The Bertz CT molecular complexity index is 798. The molecule has 1 saturated heterocycles. The van der Waals surface area contributed by atoms with E-state index < -0.39 is 29.2 Å². The summed E-state index contributed by atoms with van der Waals surface area (Å²) in [4.78, 5) is 33.2. The summed E-state index contributed by atoms with van der Waals surface area (Å²) in [6.45, 7) is 1.40. The molecule has 1 fully saturated rings. The van der Waals surface area contributed by atoms with Crippen molar-refractivity contribution < 1.29 is 29.3 Å². The van der Waals surface area contributed by atoms with Crippen LogP contribution in [0, 0.1) is 0 Å². The van der Waals surface area contributed by atoms with Crippen molar-refractivity contribution in [1.82, 2.24) is 5.32 Å². The molecule has 9 nitrogen and oxygen atoms in total. The second-order valence-corrected chi connectivity index (χ2v) is 7.23. The lowest BCUT2D eigenvalue weighted by Gasteiger charge is -2.12. The lowest BCUT2D eigenvalue weighted by molar-refractivity contribution is -0.144. The zero-order valence-corrected chi connectivity index (χ0v) is 15.8. The number of ether oxygens (including phenoxy) is 1. The van der Waals surface area contributed by atoms with Gasteiger partial charge in [-0.25, -0.2) is 4.79 Å². The van der Waals surface area contributed by atoms with Crippen molar-refractivity contribution in [3.63, 3.8) is 0 Å². The molecule has 2 unspecified atom stereocenters. The van der Waals surface area contributed by atoms with Crippen molar-refractivity contribution in [2.45, 2.75) is 24.7 Å². The topological polar surface area (TPSA) is 138 Å². The molecule has 0 aliphatic carbocycles. The quantitative estimate of drug-likeness (QED) is 0.430. The molecule has 1 heterocycles. The fourth-order valence-electron chi connectivity index (χ4n) is 1.86. The fraction of sp³-hybridized carbons (Fsp3) is 0.267. The van der Waals surface area contributed by atoms with E-state index in [1.165, 1.54) is 13.1 Å². The predicted octanol–water partition coefficient (Wildman–Crippen LogP) is 1.70. The molecule has 2 atom stereocenters. The number of carboxylic acid groups (broad SMARTS) is 2. The molecule has 1 aromatic rings. The van der Waals surface area contributed by atoms with E-state index in [4.69, 9.17) is 14.9 Å². The predicted molar refractivity (Wildman–Crippen MR) is 98.7 cm³/mol. The summed E-state index contributed by atoms with van der Waals surface area (Å²) in [6.07, 6.45) is -0.00874. The van der Waals surface area contributed by atoms with Gasteiger partial charge in [-0.15, -0.1) is 5.10 Å². The number of thioether (sulfide) groups is 1. The van der Waals surface area contributed by atoms with Gasteiger partial charge in [-0.05, 0) is 25.1 Å². The third-order valence-electron chi connectivity index (χ3n) is 3.11. The van der Waals surface area contributed by atoms with E-state index in [1.54, 1.807) is 18.2 Å². The average Bonchev–Trinajstić information content (AvgIpc) is 2.88. The first-order valence-electron chi connectivity index (χ1n) is 7.25. The van der Waals surface area contributed by atoms with E-state index in [2.05, 4.69) is 31.4 Å². The summed E-state index contributed by atoms with van der Waals surface area (Å²) in [6, 6.07) is 4.95. The van der Waals surface area contributed by atoms with Gasteiger partial charge in [0.1, 0.15) is 11.0 Å². The van der Waals surface area contributed by atoms with Crippen molar-refractivity contribution in [2.75, 3.05) is 0 Å². The van der Waals surface area contributed by atoms with E-state index in [0.717, 1.165) is 16.2 Å². The van der Waals surface area contributed by atoms with Crippen molar-refractivity contribution in [3.8, 4) is 5.75 Å². The molecule has 1 aliphatic rings. The largest absolute Gasteiger partial charge is 0.481 e. The van der Waals surface area contributed by atoms with Crippen molar-refractivity contribution in [1.29, 1.82) is 0 Å². The van der Waals surface area contributed by atoms with Crippen molar-refractivity contribution in [2.24, 2.45) is 10.2 Å². The minimum Gasteiger partial charge on any atom is -0.481 e. The number of rotatable bonds is 7. The molecular formula is C15H14BrN3O6S. The molecule has 0 aromatic heterocycles. The smallest absolute Gasteiger partial charge is 0.344 e. The molecule has 138 valence electrons. The summed E-state index contributed by atoms with van der Waals surface area (Å²) in [7, 11) is 0.